The van der Waals surface area contributed by atoms with Crippen molar-refractivity contribution in [1.29, 1.82) is 0 Å². The van der Waals surface area contributed by atoms with Gasteiger partial charge in [0.15, 0.2) is 0 Å². The van der Waals surface area contributed by atoms with E-state index in [1.807, 2.05) is 62.4 Å². The number of benzene rings is 2. The fraction of sp³-hybridized carbons (Fsp3) is 0.333. The molecule has 0 saturated carbocycles. The van der Waals surface area contributed by atoms with Gasteiger partial charge in [0.05, 0.1) is 0 Å². The first kappa shape index (κ1) is 19.8. The van der Waals surface area contributed by atoms with Crippen LogP contribution < -0.4 is 10.1 Å². The van der Waals surface area contributed by atoms with Crippen LogP contribution in [0.4, 0.5) is 0 Å². The molecule has 0 aliphatic rings. The number of hydrogen-bond acceptors (Lipinski definition) is 3. The van der Waals surface area contributed by atoms with Crippen LogP contribution in [0.3, 0.4) is 0 Å². The van der Waals surface area contributed by atoms with Gasteiger partial charge in [0.2, 0.25) is 0 Å². The number of ether oxygens (including phenoxy) is 1. The molecular weight excluding hydrogens is 333 g/mol. The topological polar surface area (TPSA) is 41.5 Å². The number of aliphatic hydroxyl groups excluding tert-OH is 1. The van der Waals surface area contributed by atoms with Crippen LogP contribution in [0.1, 0.15) is 13.8 Å². The standard InChI is InChI=1S/C18H22ClNO2.ClH/c1-13(2)20-11-17(21)12-22-18-9-5-15(6-10-18)14-3-7-16(19)8-4-14;/h3-10,13,17,20-21H,11-12H2,1-2H3;1H. The third-order valence-corrected chi connectivity index (χ3v) is 3.49. The van der Waals surface area contributed by atoms with E-state index in [0.29, 0.717) is 12.6 Å². The minimum Gasteiger partial charge on any atom is -0.491 e. The van der Waals surface area contributed by atoms with Crippen LogP contribution in [0.25, 0.3) is 11.1 Å². The van der Waals surface area contributed by atoms with Gasteiger partial charge < -0.3 is 15.2 Å². The van der Waals surface area contributed by atoms with E-state index < -0.39 is 6.10 Å². The third kappa shape index (κ3) is 6.80. The number of halogens is 2. The Morgan fingerprint density at radius 1 is 1.00 bits per heavy atom. The van der Waals surface area contributed by atoms with Crippen molar-refractivity contribution in [2.75, 3.05) is 13.2 Å². The van der Waals surface area contributed by atoms with Crippen molar-refractivity contribution >= 4 is 24.0 Å². The molecule has 126 valence electrons. The molecule has 2 rings (SSSR count). The molecule has 1 atom stereocenters. The molecule has 2 aromatic rings. The van der Waals surface area contributed by atoms with Gasteiger partial charge >= 0.3 is 0 Å². The molecule has 2 N–H and O–H groups in total. The summed E-state index contributed by atoms with van der Waals surface area (Å²) in [4.78, 5) is 0. The highest BCUT2D eigenvalue weighted by Gasteiger charge is 2.06. The average molecular weight is 356 g/mol. The summed E-state index contributed by atoms with van der Waals surface area (Å²) in [6.07, 6.45) is -0.515. The lowest BCUT2D eigenvalue weighted by Gasteiger charge is -2.15. The van der Waals surface area contributed by atoms with Crippen molar-refractivity contribution in [1.82, 2.24) is 5.32 Å². The summed E-state index contributed by atoms with van der Waals surface area (Å²) >= 11 is 5.89. The van der Waals surface area contributed by atoms with E-state index in [4.69, 9.17) is 16.3 Å². The number of aliphatic hydroxyl groups is 1. The Morgan fingerprint density at radius 2 is 1.52 bits per heavy atom. The molecule has 23 heavy (non-hydrogen) atoms. The van der Waals surface area contributed by atoms with Crippen LogP contribution in [-0.2, 0) is 0 Å². The normalized spacial score (nSPS) is 11.9. The van der Waals surface area contributed by atoms with Crippen LogP contribution in [0.5, 0.6) is 5.75 Å². The van der Waals surface area contributed by atoms with Gasteiger partial charge in [-0.2, -0.15) is 0 Å². The minimum atomic E-state index is -0.515. The van der Waals surface area contributed by atoms with Gasteiger partial charge in [0.1, 0.15) is 18.5 Å². The van der Waals surface area contributed by atoms with Crippen LogP contribution in [-0.4, -0.2) is 30.4 Å². The quantitative estimate of drug-likeness (QED) is 0.783. The van der Waals surface area contributed by atoms with Gasteiger partial charge in [-0.3, -0.25) is 0 Å². The molecule has 0 aromatic heterocycles. The largest absolute Gasteiger partial charge is 0.491 e. The molecule has 0 bridgehead atoms. The van der Waals surface area contributed by atoms with E-state index in [1.165, 1.54) is 0 Å². The van der Waals surface area contributed by atoms with Crippen molar-refractivity contribution in [2.24, 2.45) is 0 Å². The van der Waals surface area contributed by atoms with Crippen molar-refractivity contribution < 1.29 is 9.84 Å². The van der Waals surface area contributed by atoms with Gasteiger partial charge in [0, 0.05) is 17.6 Å². The predicted molar refractivity (Wildman–Crippen MR) is 98.8 cm³/mol. The van der Waals surface area contributed by atoms with Crippen LogP contribution in [0, 0.1) is 0 Å². The van der Waals surface area contributed by atoms with E-state index in [9.17, 15) is 5.11 Å². The summed E-state index contributed by atoms with van der Waals surface area (Å²) in [7, 11) is 0. The van der Waals surface area contributed by atoms with E-state index in [1.54, 1.807) is 0 Å². The Hall–Kier alpha value is -1.26. The second-order valence-corrected chi connectivity index (χ2v) is 6.00. The van der Waals surface area contributed by atoms with Crippen molar-refractivity contribution in [3.63, 3.8) is 0 Å². The zero-order valence-corrected chi connectivity index (χ0v) is 14.9. The van der Waals surface area contributed by atoms with E-state index in [0.717, 1.165) is 21.9 Å². The molecule has 0 amide bonds. The molecule has 5 heteroatoms. The van der Waals surface area contributed by atoms with Crippen LogP contribution in [0.15, 0.2) is 48.5 Å². The smallest absolute Gasteiger partial charge is 0.119 e. The Balaban J connectivity index is 0.00000264. The third-order valence-electron chi connectivity index (χ3n) is 3.24. The van der Waals surface area contributed by atoms with Gasteiger partial charge in [-0.05, 0) is 35.4 Å². The minimum absolute atomic E-state index is 0. The Labute approximate surface area is 149 Å². The number of hydrogen-bond donors (Lipinski definition) is 2. The SMILES string of the molecule is CC(C)NCC(O)COc1ccc(-c2ccc(Cl)cc2)cc1.Cl. The van der Waals surface area contributed by atoms with Crippen molar-refractivity contribution in [3.05, 3.63) is 53.6 Å². The van der Waals surface area contributed by atoms with Crippen LogP contribution in [0.2, 0.25) is 5.02 Å². The zero-order valence-electron chi connectivity index (χ0n) is 13.3. The summed E-state index contributed by atoms with van der Waals surface area (Å²) < 4.78 is 5.60. The van der Waals surface area contributed by atoms with E-state index in [-0.39, 0.29) is 19.0 Å². The second-order valence-electron chi connectivity index (χ2n) is 5.56. The predicted octanol–water partition coefficient (Wildman–Crippen LogP) is 4.17. The maximum absolute atomic E-state index is 9.82. The number of rotatable bonds is 7. The molecule has 0 spiro atoms. The first-order valence-electron chi connectivity index (χ1n) is 7.45. The average Bonchev–Trinajstić information content (AvgIpc) is 2.52. The van der Waals surface area contributed by atoms with Gasteiger partial charge in [-0.25, -0.2) is 0 Å². The molecule has 3 nitrogen and oxygen atoms in total. The van der Waals surface area contributed by atoms with Crippen molar-refractivity contribution in [2.45, 2.75) is 26.0 Å². The summed E-state index contributed by atoms with van der Waals surface area (Å²) in [5, 5.41) is 13.7. The van der Waals surface area contributed by atoms with Crippen LogP contribution >= 0.6 is 24.0 Å². The van der Waals surface area contributed by atoms with Crippen molar-refractivity contribution in [3.8, 4) is 16.9 Å². The lowest BCUT2D eigenvalue weighted by atomic mass is 10.1. The molecule has 1 unspecified atom stereocenters. The molecular formula is C18H23Cl2NO2. The first-order valence-corrected chi connectivity index (χ1v) is 7.82. The highest BCUT2D eigenvalue weighted by molar-refractivity contribution is 6.30. The molecule has 0 aliphatic carbocycles. The second kappa shape index (κ2) is 9.78. The fourth-order valence-electron chi connectivity index (χ4n) is 2.01. The molecule has 0 radical (unpaired) electrons. The van der Waals surface area contributed by atoms with Gasteiger partial charge in [-0.15, -0.1) is 12.4 Å². The molecule has 0 aliphatic heterocycles. The van der Waals surface area contributed by atoms with E-state index >= 15 is 0 Å². The molecule has 0 fully saturated rings. The summed E-state index contributed by atoms with van der Waals surface area (Å²) in [5.41, 5.74) is 2.21. The fourth-order valence-corrected chi connectivity index (χ4v) is 2.14. The molecule has 0 heterocycles. The maximum Gasteiger partial charge on any atom is 0.119 e. The highest BCUT2D eigenvalue weighted by atomic mass is 35.5. The summed E-state index contributed by atoms with van der Waals surface area (Å²) in [6, 6.07) is 15.9. The van der Waals surface area contributed by atoms with Gasteiger partial charge in [-0.1, -0.05) is 49.7 Å². The maximum atomic E-state index is 9.82. The summed E-state index contributed by atoms with van der Waals surface area (Å²) in [6.45, 7) is 4.90. The monoisotopic (exact) mass is 355 g/mol. The zero-order chi connectivity index (χ0) is 15.9. The first-order chi connectivity index (χ1) is 10.5. The Kier molecular flexibility index (Phi) is 8.42. The Morgan fingerprint density at radius 3 is 2.04 bits per heavy atom. The summed E-state index contributed by atoms with van der Waals surface area (Å²) in [5.74, 6) is 0.751. The lowest BCUT2D eigenvalue weighted by Crippen LogP contribution is -2.35. The number of nitrogens with one attached hydrogen (secondary N) is 1. The Bertz CT molecular complexity index is 571. The van der Waals surface area contributed by atoms with Gasteiger partial charge in [0.25, 0.3) is 0 Å². The lowest BCUT2D eigenvalue weighted by molar-refractivity contribution is 0.104. The molecule has 0 saturated heterocycles. The highest BCUT2D eigenvalue weighted by Crippen LogP contribution is 2.23. The van der Waals surface area contributed by atoms with E-state index in [2.05, 4.69) is 5.32 Å². The molecule has 2 aromatic carbocycles.